The Kier molecular flexibility index (Phi) is 4.49. The highest BCUT2D eigenvalue weighted by Gasteiger charge is 2.55. The standard InChI is InChI=1S/C22H31N3O2/c26-19-8-6-16(7-9-19)21(27)23-20-17-12-24-10-11-25(13-17)15-22(20,14-24)18-4-2-1-3-5-18/h1-5,16-17,19-20,26H,6-15H2,(H,23,27). The summed E-state index contributed by atoms with van der Waals surface area (Å²) in [6.45, 7) is 6.56. The number of nitrogens with one attached hydrogen (secondary N) is 1. The van der Waals surface area contributed by atoms with Gasteiger partial charge in [0, 0.05) is 62.6 Å². The normalized spacial score (nSPS) is 43.3. The Balaban J connectivity index is 1.44. The molecule has 5 aliphatic rings. The number of amides is 1. The largest absolute Gasteiger partial charge is 0.393 e. The molecule has 0 spiro atoms. The molecule has 3 unspecified atom stereocenters. The Morgan fingerprint density at radius 2 is 1.63 bits per heavy atom. The van der Waals surface area contributed by atoms with Crippen LogP contribution in [0, 0.1) is 11.8 Å². The van der Waals surface area contributed by atoms with E-state index in [1.54, 1.807) is 0 Å². The number of nitrogens with zero attached hydrogens (tertiary/aromatic N) is 2. The van der Waals surface area contributed by atoms with Crippen LogP contribution in [0.3, 0.4) is 0 Å². The van der Waals surface area contributed by atoms with Gasteiger partial charge >= 0.3 is 0 Å². The summed E-state index contributed by atoms with van der Waals surface area (Å²) in [6.07, 6.45) is 2.95. The van der Waals surface area contributed by atoms with Crippen LogP contribution in [-0.4, -0.2) is 72.2 Å². The van der Waals surface area contributed by atoms with Gasteiger partial charge in [-0.25, -0.2) is 0 Å². The molecular weight excluding hydrogens is 338 g/mol. The summed E-state index contributed by atoms with van der Waals surface area (Å²) in [5.41, 5.74) is 1.36. The maximum Gasteiger partial charge on any atom is 0.223 e. The monoisotopic (exact) mass is 369 g/mol. The van der Waals surface area contributed by atoms with Gasteiger partial charge in [-0.3, -0.25) is 4.79 Å². The van der Waals surface area contributed by atoms with E-state index in [-0.39, 0.29) is 29.4 Å². The molecule has 4 saturated heterocycles. The van der Waals surface area contributed by atoms with Crippen LogP contribution >= 0.6 is 0 Å². The van der Waals surface area contributed by atoms with Crippen molar-refractivity contribution in [1.82, 2.24) is 15.1 Å². The van der Waals surface area contributed by atoms with Crippen LogP contribution in [-0.2, 0) is 10.2 Å². The third kappa shape index (κ3) is 3.10. The fraction of sp³-hybridized carbons (Fsp3) is 0.682. The van der Waals surface area contributed by atoms with Crippen LogP contribution in [0.25, 0.3) is 0 Å². The van der Waals surface area contributed by atoms with Crippen molar-refractivity contribution in [2.75, 3.05) is 39.3 Å². The Morgan fingerprint density at radius 1 is 1.00 bits per heavy atom. The number of carbonyl (C=O) groups is 1. The number of fused-ring (bicyclic) bond motifs is 1. The highest BCUT2D eigenvalue weighted by atomic mass is 16.3. The van der Waals surface area contributed by atoms with Crippen LogP contribution in [0.15, 0.2) is 30.3 Å². The summed E-state index contributed by atoms with van der Waals surface area (Å²) in [5.74, 6) is 0.785. The van der Waals surface area contributed by atoms with E-state index in [0.717, 1.165) is 65.0 Å². The first-order valence-corrected chi connectivity index (χ1v) is 10.6. The first kappa shape index (κ1) is 17.7. The Morgan fingerprint density at radius 3 is 2.26 bits per heavy atom. The molecular formula is C22H31N3O2. The molecule has 0 aromatic heterocycles. The van der Waals surface area contributed by atoms with E-state index < -0.39 is 0 Å². The highest BCUT2D eigenvalue weighted by Crippen LogP contribution is 2.43. The van der Waals surface area contributed by atoms with Crippen LogP contribution in [0.2, 0.25) is 0 Å². The lowest BCUT2D eigenvalue weighted by atomic mass is 9.64. The van der Waals surface area contributed by atoms with Crippen molar-refractivity contribution in [1.29, 1.82) is 0 Å². The zero-order valence-electron chi connectivity index (χ0n) is 16.0. The number of hydrogen-bond acceptors (Lipinski definition) is 4. The van der Waals surface area contributed by atoms with Crippen LogP contribution < -0.4 is 5.32 Å². The maximum absolute atomic E-state index is 13.1. The van der Waals surface area contributed by atoms with E-state index in [9.17, 15) is 9.90 Å². The lowest BCUT2D eigenvalue weighted by molar-refractivity contribution is -0.130. The number of aliphatic hydroxyl groups excluding tert-OH is 1. The quantitative estimate of drug-likeness (QED) is 0.841. The second-order valence-electron chi connectivity index (χ2n) is 9.24. The topological polar surface area (TPSA) is 55.8 Å². The van der Waals surface area contributed by atoms with Gasteiger partial charge in [0.2, 0.25) is 5.91 Å². The smallest absolute Gasteiger partial charge is 0.223 e. The Labute approximate surface area is 161 Å². The fourth-order valence-corrected chi connectivity index (χ4v) is 6.18. The Bertz CT molecular complexity index is 670. The summed E-state index contributed by atoms with van der Waals surface area (Å²) in [4.78, 5) is 18.4. The van der Waals surface area contributed by atoms with Crippen molar-refractivity contribution in [2.24, 2.45) is 11.8 Å². The minimum absolute atomic E-state index is 0.0111. The number of hydrogen-bond donors (Lipinski definition) is 2. The molecule has 1 aromatic carbocycles. The molecule has 5 heteroatoms. The zero-order chi connectivity index (χ0) is 18.4. The lowest BCUT2D eigenvalue weighted by Gasteiger charge is -2.56. The first-order chi connectivity index (χ1) is 13.1. The van der Waals surface area contributed by atoms with Crippen molar-refractivity contribution in [3.05, 3.63) is 35.9 Å². The molecule has 1 aromatic rings. The van der Waals surface area contributed by atoms with Gasteiger partial charge in [0.15, 0.2) is 0 Å². The molecule has 1 aliphatic carbocycles. The van der Waals surface area contributed by atoms with E-state index in [0.29, 0.717) is 5.92 Å². The van der Waals surface area contributed by atoms with Crippen LogP contribution in [0.1, 0.15) is 31.2 Å². The predicted octanol–water partition coefficient (Wildman–Crippen LogP) is 1.22. The summed E-state index contributed by atoms with van der Waals surface area (Å²) in [5, 5.41) is 13.3. The number of aliphatic hydroxyl groups is 1. The van der Waals surface area contributed by atoms with Gasteiger partial charge in [0.05, 0.1) is 6.10 Å². The SMILES string of the molecule is O=C(NC1C2CN3CCN(C2)CC1(c1ccccc1)C3)C1CCC(O)CC1. The molecule has 1 amide bonds. The molecule has 27 heavy (non-hydrogen) atoms. The van der Waals surface area contributed by atoms with Gasteiger partial charge in [0.25, 0.3) is 0 Å². The molecule has 146 valence electrons. The zero-order valence-corrected chi connectivity index (χ0v) is 16.0. The van der Waals surface area contributed by atoms with Crippen LogP contribution in [0.4, 0.5) is 0 Å². The summed E-state index contributed by atoms with van der Waals surface area (Å²) < 4.78 is 0. The van der Waals surface area contributed by atoms with Crippen molar-refractivity contribution < 1.29 is 9.90 Å². The summed E-state index contributed by atoms with van der Waals surface area (Å²) in [6, 6.07) is 11.1. The number of piperidine rings is 2. The third-order valence-electron chi connectivity index (χ3n) is 7.51. The lowest BCUT2D eigenvalue weighted by Crippen LogP contribution is -2.71. The van der Waals surface area contributed by atoms with Gasteiger partial charge in [-0.15, -0.1) is 0 Å². The van der Waals surface area contributed by atoms with E-state index >= 15 is 0 Å². The molecule has 2 N–H and O–H groups in total. The van der Waals surface area contributed by atoms with Crippen molar-refractivity contribution in [3.8, 4) is 0 Å². The average molecular weight is 370 g/mol. The number of carbonyl (C=O) groups excluding carboxylic acids is 1. The van der Waals surface area contributed by atoms with Gasteiger partial charge in [-0.1, -0.05) is 30.3 Å². The second kappa shape index (κ2) is 6.87. The van der Waals surface area contributed by atoms with Crippen molar-refractivity contribution in [2.45, 2.75) is 43.2 Å². The highest BCUT2D eigenvalue weighted by molar-refractivity contribution is 5.79. The molecule has 1 saturated carbocycles. The summed E-state index contributed by atoms with van der Waals surface area (Å²) >= 11 is 0. The van der Waals surface area contributed by atoms with E-state index in [1.807, 2.05) is 0 Å². The molecule has 4 heterocycles. The first-order valence-electron chi connectivity index (χ1n) is 10.6. The van der Waals surface area contributed by atoms with Crippen molar-refractivity contribution in [3.63, 3.8) is 0 Å². The maximum atomic E-state index is 13.1. The number of rotatable bonds is 3. The van der Waals surface area contributed by atoms with Gasteiger partial charge < -0.3 is 20.2 Å². The molecule has 4 bridgehead atoms. The number of benzene rings is 1. The second-order valence-corrected chi connectivity index (χ2v) is 9.24. The molecule has 5 nitrogen and oxygen atoms in total. The van der Waals surface area contributed by atoms with Gasteiger partial charge in [0.1, 0.15) is 0 Å². The minimum atomic E-state index is -0.213. The Hall–Kier alpha value is -1.43. The van der Waals surface area contributed by atoms with E-state index in [1.165, 1.54) is 5.56 Å². The van der Waals surface area contributed by atoms with Crippen LogP contribution in [0.5, 0.6) is 0 Å². The third-order valence-corrected chi connectivity index (χ3v) is 7.51. The van der Waals surface area contributed by atoms with E-state index in [4.69, 9.17) is 0 Å². The van der Waals surface area contributed by atoms with Gasteiger partial charge in [-0.05, 0) is 31.2 Å². The minimum Gasteiger partial charge on any atom is -0.393 e. The molecule has 3 atom stereocenters. The van der Waals surface area contributed by atoms with E-state index in [2.05, 4.69) is 45.4 Å². The summed E-state index contributed by atoms with van der Waals surface area (Å²) in [7, 11) is 0. The fourth-order valence-electron chi connectivity index (χ4n) is 6.18. The van der Waals surface area contributed by atoms with Crippen molar-refractivity contribution >= 4 is 5.91 Å². The molecule has 0 radical (unpaired) electrons. The molecule has 5 fully saturated rings. The molecule has 6 rings (SSSR count). The van der Waals surface area contributed by atoms with Gasteiger partial charge in [-0.2, -0.15) is 0 Å². The average Bonchev–Trinajstić information content (AvgIpc) is 2.94. The molecule has 4 aliphatic heterocycles. The predicted molar refractivity (Wildman–Crippen MR) is 104 cm³/mol.